The fraction of sp³-hybridized carbons (Fsp3) is 0.308. The van der Waals surface area contributed by atoms with Crippen molar-refractivity contribution in [1.82, 2.24) is 15.0 Å². The topological polar surface area (TPSA) is 57.0 Å². The molecule has 8 heteroatoms. The van der Waals surface area contributed by atoms with Gasteiger partial charge in [-0.05, 0) is 18.6 Å². The Morgan fingerprint density at radius 3 is 2.90 bits per heavy atom. The summed E-state index contributed by atoms with van der Waals surface area (Å²) in [5.41, 5.74) is 0.971. The molecule has 0 aliphatic carbocycles. The molecule has 2 aromatic rings. The molecule has 0 bridgehead atoms. The van der Waals surface area contributed by atoms with Crippen molar-refractivity contribution < 1.29 is 13.9 Å². The van der Waals surface area contributed by atoms with E-state index in [0.717, 1.165) is 0 Å². The predicted molar refractivity (Wildman–Crippen MR) is 76.0 cm³/mol. The number of ether oxygens (including phenoxy) is 1. The highest BCUT2D eigenvalue weighted by Gasteiger charge is 2.20. The van der Waals surface area contributed by atoms with E-state index >= 15 is 0 Å². The number of carbonyl (C=O) groups excluding carboxylic acids is 1. The number of esters is 1. The van der Waals surface area contributed by atoms with Crippen molar-refractivity contribution in [3.8, 4) is 0 Å². The molecular weight excluding hydrogens is 320 g/mol. The lowest BCUT2D eigenvalue weighted by Crippen LogP contribution is -2.11. The van der Waals surface area contributed by atoms with Gasteiger partial charge in [0.25, 0.3) is 0 Å². The molecule has 0 spiro atoms. The van der Waals surface area contributed by atoms with Crippen molar-refractivity contribution in [2.45, 2.75) is 19.3 Å². The van der Waals surface area contributed by atoms with E-state index in [1.165, 1.54) is 10.7 Å². The Kier molecular flexibility index (Phi) is 5.14. The first kappa shape index (κ1) is 15.7. The van der Waals surface area contributed by atoms with Crippen molar-refractivity contribution in [2.75, 3.05) is 6.61 Å². The molecule has 0 aliphatic heterocycles. The molecule has 112 valence electrons. The average Bonchev–Trinajstić information content (AvgIpc) is 2.87. The second-order valence-corrected chi connectivity index (χ2v) is 4.75. The van der Waals surface area contributed by atoms with Crippen LogP contribution in [0, 0.1) is 5.82 Å². The van der Waals surface area contributed by atoms with Gasteiger partial charge in [0.05, 0.1) is 29.7 Å². The standard InChI is InChI=1S/C13H12Cl2FN3O2/c1-2-21-13(20)12-10(6-14)19(18-17-12)7-8-4-3-5-9(16)11(8)15/h3-5H,2,6-7H2,1H3. The fourth-order valence-corrected chi connectivity index (χ4v) is 2.23. The molecule has 1 aromatic heterocycles. The van der Waals surface area contributed by atoms with Crippen LogP contribution in [0.4, 0.5) is 4.39 Å². The molecule has 0 saturated heterocycles. The van der Waals surface area contributed by atoms with Crippen molar-refractivity contribution >= 4 is 29.2 Å². The van der Waals surface area contributed by atoms with Crippen LogP contribution < -0.4 is 0 Å². The molecule has 0 aliphatic rings. The molecular formula is C13H12Cl2FN3O2. The van der Waals surface area contributed by atoms with Gasteiger partial charge in [-0.25, -0.2) is 13.9 Å². The van der Waals surface area contributed by atoms with Gasteiger partial charge in [0.1, 0.15) is 5.82 Å². The predicted octanol–water partition coefficient (Wildman–Crippen LogP) is 3.03. The molecule has 21 heavy (non-hydrogen) atoms. The summed E-state index contributed by atoms with van der Waals surface area (Å²) >= 11 is 11.7. The highest BCUT2D eigenvalue weighted by molar-refractivity contribution is 6.31. The summed E-state index contributed by atoms with van der Waals surface area (Å²) in [5, 5.41) is 7.63. The van der Waals surface area contributed by atoms with Crippen LogP contribution in [0.15, 0.2) is 18.2 Å². The highest BCUT2D eigenvalue weighted by Crippen LogP contribution is 2.21. The zero-order chi connectivity index (χ0) is 15.4. The molecule has 2 rings (SSSR count). The van der Waals surface area contributed by atoms with Gasteiger partial charge in [0, 0.05) is 0 Å². The van der Waals surface area contributed by atoms with E-state index in [-0.39, 0.29) is 29.7 Å². The summed E-state index contributed by atoms with van der Waals surface area (Å²) in [6.45, 7) is 2.07. The molecule has 5 nitrogen and oxygen atoms in total. The molecule has 1 aromatic carbocycles. The Hall–Kier alpha value is -1.66. The van der Waals surface area contributed by atoms with E-state index < -0.39 is 11.8 Å². The van der Waals surface area contributed by atoms with Crippen molar-refractivity contribution in [1.29, 1.82) is 0 Å². The molecule has 0 unspecified atom stereocenters. The zero-order valence-electron chi connectivity index (χ0n) is 11.1. The summed E-state index contributed by atoms with van der Waals surface area (Å²) in [5.74, 6) is -1.09. The van der Waals surface area contributed by atoms with Crippen molar-refractivity contribution in [3.63, 3.8) is 0 Å². The number of benzene rings is 1. The number of rotatable bonds is 5. The minimum atomic E-state index is -0.593. The van der Waals surface area contributed by atoms with Gasteiger partial charge in [-0.3, -0.25) is 0 Å². The van der Waals surface area contributed by atoms with Gasteiger partial charge in [0.2, 0.25) is 0 Å². The average molecular weight is 332 g/mol. The minimum Gasteiger partial charge on any atom is -0.461 e. The summed E-state index contributed by atoms with van der Waals surface area (Å²) in [6, 6.07) is 4.47. The molecule has 0 N–H and O–H groups in total. The highest BCUT2D eigenvalue weighted by atomic mass is 35.5. The first-order valence-corrected chi connectivity index (χ1v) is 7.08. The second kappa shape index (κ2) is 6.87. The van der Waals surface area contributed by atoms with Crippen LogP contribution in [-0.2, 0) is 17.2 Å². The van der Waals surface area contributed by atoms with Gasteiger partial charge in [0.15, 0.2) is 5.69 Å². The van der Waals surface area contributed by atoms with E-state index in [2.05, 4.69) is 10.3 Å². The smallest absolute Gasteiger partial charge is 0.360 e. The maximum absolute atomic E-state index is 13.4. The number of carbonyl (C=O) groups is 1. The number of hydrogen-bond acceptors (Lipinski definition) is 4. The third-order valence-electron chi connectivity index (χ3n) is 2.78. The maximum atomic E-state index is 13.4. The number of alkyl halides is 1. The molecule has 0 amide bonds. The molecule has 0 fully saturated rings. The van der Waals surface area contributed by atoms with E-state index in [0.29, 0.717) is 11.3 Å². The summed E-state index contributed by atoms with van der Waals surface area (Å²) in [7, 11) is 0. The van der Waals surface area contributed by atoms with Crippen LogP contribution in [0.3, 0.4) is 0 Å². The SMILES string of the molecule is CCOC(=O)c1nnn(Cc2cccc(F)c2Cl)c1CCl. The van der Waals surface area contributed by atoms with Gasteiger partial charge >= 0.3 is 5.97 Å². The first-order chi connectivity index (χ1) is 10.1. The van der Waals surface area contributed by atoms with Gasteiger partial charge < -0.3 is 4.74 Å². The van der Waals surface area contributed by atoms with Crippen LogP contribution in [0.25, 0.3) is 0 Å². The Balaban J connectivity index is 2.33. The monoisotopic (exact) mass is 331 g/mol. The van der Waals surface area contributed by atoms with Gasteiger partial charge in [-0.15, -0.1) is 16.7 Å². The van der Waals surface area contributed by atoms with Crippen molar-refractivity contribution in [3.05, 3.63) is 46.0 Å². The fourth-order valence-electron chi connectivity index (χ4n) is 1.78. The summed E-state index contributed by atoms with van der Waals surface area (Å²) in [6.07, 6.45) is 0. The Labute approximate surface area is 130 Å². The number of halogens is 3. The van der Waals surface area contributed by atoms with E-state index in [1.807, 2.05) is 0 Å². The molecule has 0 atom stereocenters. The lowest BCUT2D eigenvalue weighted by molar-refractivity contribution is 0.0518. The van der Waals surface area contributed by atoms with E-state index in [9.17, 15) is 9.18 Å². The number of hydrogen-bond donors (Lipinski definition) is 0. The minimum absolute atomic E-state index is 0.00575. The quantitative estimate of drug-likeness (QED) is 0.624. The number of aromatic nitrogens is 3. The van der Waals surface area contributed by atoms with Gasteiger partial charge in [-0.1, -0.05) is 28.9 Å². The van der Waals surface area contributed by atoms with Crippen LogP contribution >= 0.6 is 23.2 Å². The van der Waals surface area contributed by atoms with Crippen LogP contribution in [-0.4, -0.2) is 27.6 Å². The Morgan fingerprint density at radius 1 is 1.48 bits per heavy atom. The second-order valence-electron chi connectivity index (χ2n) is 4.11. The molecule has 0 saturated carbocycles. The van der Waals surface area contributed by atoms with Crippen LogP contribution in [0.1, 0.15) is 28.7 Å². The van der Waals surface area contributed by atoms with Crippen LogP contribution in [0.2, 0.25) is 5.02 Å². The normalized spacial score (nSPS) is 10.7. The van der Waals surface area contributed by atoms with Crippen molar-refractivity contribution in [2.24, 2.45) is 0 Å². The lowest BCUT2D eigenvalue weighted by Gasteiger charge is -2.07. The van der Waals surface area contributed by atoms with Crippen LogP contribution in [0.5, 0.6) is 0 Å². The molecule has 1 heterocycles. The Bertz CT molecular complexity index is 661. The largest absolute Gasteiger partial charge is 0.461 e. The summed E-state index contributed by atoms with van der Waals surface area (Å²) in [4.78, 5) is 11.7. The first-order valence-electron chi connectivity index (χ1n) is 6.16. The maximum Gasteiger partial charge on any atom is 0.360 e. The van der Waals surface area contributed by atoms with E-state index in [1.54, 1.807) is 19.1 Å². The lowest BCUT2D eigenvalue weighted by atomic mass is 10.2. The molecule has 0 radical (unpaired) electrons. The Morgan fingerprint density at radius 2 is 2.24 bits per heavy atom. The number of nitrogens with zero attached hydrogens (tertiary/aromatic N) is 3. The summed E-state index contributed by atoms with van der Waals surface area (Å²) < 4.78 is 19.7. The van der Waals surface area contributed by atoms with Gasteiger partial charge in [-0.2, -0.15) is 0 Å². The third kappa shape index (κ3) is 3.33. The zero-order valence-corrected chi connectivity index (χ0v) is 12.7. The third-order valence-corrected chi connectivity index (χ3v) is 3.46. The van der Waals surface area contributed by atoms with E-state index in [4.69, 9.17) is 27.9 Å².